The van der Waals surface area contributed by atoms with Gasteiger partial charge in [0.25, 0.3) is 0 Å². The Balaban J connectivity index is 2.48. The summed E-state index contributed by atoms with van der Waals surface area (Å²) in [6, 6.07) is 6.91. The maximum atomic E-state index is 12.1. The van der Waals surface area contributed by atoms with Gasteiger partial charge in [-0.3, -0.25) is 24.2 Å². The molecule has 0 heterocycles. The predicted octanol–water partition coefficient (Wildman–Crippen LogP) is 1.43. The van der Waals surface area contributed by atoms with Crippen molar-refractivity contribution in [2.45, 2.75) is 33.2 Å². The summed E-state index contributed by atoms with van der Waals surface area (Å²) in [6.07, 6.45) is 2.08. The molecule has 0 unspecified atom stereocenters. The van der Waals surface area contributed by atoms with Gasteiger partial charge in [-0.15, -0.1) is 0 Å². The summed E-state index contributed by atoms with van der Waals surface area (Å²) >= 11 is 1.35. The van der Waals surface area contributed by atoms with Crippen molar-refractivity contribution in [2.75, 3.05) is 25.1 Å². The molecule has 2 amide bonds. The third kappa shape index (κ3) is 10.0. The van der Waals surface area contributed by atoms with Crippen LogP contribution < -0.4 is 10.6 Å². The number of hydrogen-bond donors (Lipinski definition) is 2. The first kappa shape index (κ1) is 24.6. The normalized spacial score (nSPS) is 13.0. The summed E-state index contributed by atoms with van der Waals surface area (Å²) in [5.41, 5.74) is 1.82. The molecule has 1 aromatic rings. The molecule has 29 heavy (non-hydrogen) atoms. The molecule has 0 saturated heterocycles. The summed E-state index contributed by atoms with van der Waals surface area (Å²) in [4.78, 5) is 51.1. The van der Waals surface area contributed by atoms with E-state index in [9.17, 15) is 19.2 Å². The molecule has 0 aliphatic carbocycles. The molecular formula is C21H29N3O4S. The number of thioether (sulfide) groups is 1. The molecule has 7 nitrogen and oxygen atoms in total. The molecule has 0 bridgehead atoms. The largest absolute Gasteiger partial charge is 0.346 e. The van der Waals surface area contributed by atoms with E-state index in [2.05, 4.69) is 15.6 Å². The lowest BCUT2D eigenvalue weighted by atomic mass is 10.0. The zero-order valence-electron chi connectivity index (χ0n) is 17.4. The molecule has 0 saturated carbocycles. The Kier molecular flexibility index (Phi) is 10.9. The third-order valence-electron chi connectivity index (χ3n) is 4.24. The summed E-state index contributed by atoms with van der Waals surface area (Å²) in [5, 5.41) is 5.21. The minimum atomic E-state index is -0.668. The van der Waals surface area contributed by atoms with Gasteiger partial charge >= 0.3 is 0 Å². The molecule has 2 N–H and O–H groups in total. The highest BCUT2D eigenvalue weighted by atomic mass is 32.2. The molecule has 1 aromatic carbocycles. The highest BCUT2D eigenvalue weighted by molar-refractivity contribution is 7.99. The first-order valence-corrected chi connectivity index (χ1v) is 10.5. The van der Waals surface area contributed by atoms with Gasteiger partial charge in [-0.1, -0.05) is 31.2 Å². The molecule has 158 valence electrons. The number of hydrogen-bond acceptors (Lipinski definition) is 6. The van der Waals surface area contributed by atoms with E-state index in [-0.39, 0.29) is 35.7 Å². The average Bonchev–Trinajstić information content (AvgIpc) is 2.66. The molecule has 0 spiro atoms. The number of nitrogens with one attached hydrogen (secondary N) is 2. The zero-order chi connectivity index (χ0) is 21.8. The number of Topliss-reactive ketones (excluding diaryl/α,β-unsaturated/α-hetero) is 2. The van der Waals surface area contributed by atoms with Crippen LogP contribution in [0.3, 0.4) is 0 Å². The lowest BCUT2D eigenvalue weighted by molar-refractivity contribution is -0.127. The van der Waals surface area contributed by atoms with Crippen LogP contribution in [0.4, 0.5) is 0 Å². The van der Waals surface area contributed by atoms with E-state index in [4.69, 9.17) is 0 Å². The van der Waals surface area contributed by atoms with Gasteiger partial charge in [-0.25, -0.2) is 0 Å². The Morgan fingerprint density at radius 2 is 1.86 bits per heavy atom. The Bertz CT molecular complexity index is 764. The van der Waals surface area contributed by atoms with E-state index in [1.165, 1.54) is 25.6 Å². The van der Waals surface area contributed by atoms with Crippen molar-refractivity contribution in [2.24, 2.45) is 10.9 Å². The molecule has 1 rings (SSSR count). The van der Waals surface area contributed by atoms with Crippen LogP contribution in [-0.4, -0.2) is 60.7 Å². The average molecular weight is 420 g/mol. The molecule has 0 aliphatic rings. The molecule has 0 aliphatic heterocycles. The number of carbonyl (C=O) groups is 4. The zero-order valence-corrected chi connectivity index (χ0v) is 18.2. The van der Waals surface area contributed by atoms with Crippen molar-refractivity contribution in [1.82, 2.24) is 10.6 Å². The topological polar surface area (TPSA) is 105 Å². The number of amides is 2. The van der Waals surface area contributed by atoms with Crippen LogP contribution in [0.2, 0.25) is 0 Å². The minimum Gasteiger partial charge on any atom is -0.346 e. The molecular weight excluding hydrogens is 390 g/mol. The lowest BCUT2D eigenvalue weighted by Gasteiger charge is -2.16. The van der Waals surface area contributed by atoms with Crippen molar-refractivity contribution in [3.63, 3.8) is 0 Å². The molecule has 0 radical (unpaired) electrons. The fourth-order valence-corrected chi connectivity index (χ4v) is 3.40. The number of benzene rings is 1. The summed E-state index contributed by atoms with van der Waals surface area (Å²) < 4.78 is 0. The molecule has 0 aromatic heterocycles. The smallest absolute Gasteiger partial charge is 0.239 e. The van der Waals surface area contributed by atoms with Crippen LogP contribution in [0, 0.1) is 5.92 Å². The Labute approximate surface area is 176 Å². The second-order valence-electron chi connectivity index (χ2n) is 6.87. The van der Waals surface area contributed by atoms with Gasteiger partial charge < -0.3 is 10.6 Å². The van der Waals surface area contributed by atoms with Crippen molar-refractivity contribution in [3.8, 4) is 0 Å². The van der Waals surface area contributed by atoms with Crippen LogP contribution in [0.1, 0.15) is 31.9 Å². The molecule has 8 heteroatoms. The monoisotopic (exact) mass is 419 g/mol. The minimum absolute atomic E-state index is 0.0834. The van der Waals surface area contributed by atoms with E-state index >= 15 is 0 Å². The van der Waals surface area contributed by atoms with Gasteiger partial charge in [0.15, 0.2) is 5.78 Å². The van der Waals surface area contributed by atoms with Gasteiger partial charge in [0.1, 0.15) is 5.78 Å². The van der Waals surface area contributed by atoms with Gasteiger partial charge in [-0.05, 0) is 31.4 Å². The fourth-order valence-electron chi connectivity index (χ4n) is 2.40. The van der Waals surface area contributed by atoms with E-state index in [0.29, 0.717) is 12.2 Å². The maximum Gasteiger partial charge on any atom is 0.239 e. The second kappa shape index (κ2) is 12.9. The van der Waals surface area contributed by atoms with Crippen LogP contribution in [-0.2, 0) is 25.6 Å². The van der Waals surface area contributed by atoms with E-state index in [0.717, 1.165) is 11.1 Å². The number of rotatable bonds is 12. The first-order valence-electron chi connectivity index (χ1n) is 9.38. The highest BCUT2D eigenvalue weighted by Crippen LogP contribution is 2.09. The second-order valence-corrected chi connectivity index (χ2v) is 7.90. The van der Waals surface area contributed by atoms with Gasteiger partial charge in [-0.2, -0.15) is 11.8 Å². The maximum absolute atomic E-state index is 12.1. The molecule has 0 fully saturated rings. The van der Waals surface area contributed by atoms with E-state index < -0.39 is 11.9 Å². The van der Waals surface area contributed by atoms with Crippen LogP contribution in [0.5, 0.6) is 0 Å². The van der Waals surface area contributed by atoms with Crippen molar-refractivity contribution >= 4 is 41.4 Å². The quantitative estimate of drug-likeness (QED) is 0.499. The summed E-state index contributed by atoms with van der Waals surface area (Å²) in [6.45, 7) is 4.56. The fraction of sp³-hybridized carbons (Fsp3) is 0.476. The molecule has 2 atom stereocenters. The predicted molar refractivity (Wildman–Crippen MR) is 116 cm³/mol. The van der Waals surface area contributed by atoms with Crippen molar-refractivity contribution < 1.29 is 19.2 Å². The summed E-state index contributed by atoms with van der Waals surface area (Å²) in [5.74, 6) is -0.155. The third-order valence-corrected chi connectivity index (χ3v) is 5.44. The summed E-state index contributed by atoms with van der Waals surface area (Å²) in [7, 11) is 1.68. The number of aliphatic imine (C=N–C) groups is 1. The van der Waals surface area contributed by atoms with Crippen molar-refractivity contribution in [3.05, 3.63) is 35.4 Å². The standard InChI is InChI=1S/C21H29N3O4S/c1-14(15(2)25)12-29-13-21(28)23-11-20(27)24-19(16(3)26)9-17-6-5-7-18(8-17)10-22-4/h5-8,10,14,19H,9,11-13H2,1-4H3,(H,23,28)(H,24,27)/t14-,19-/m0/s1. The van der Waals surface area contributed by atoms with Gasteiger partial charge in [0, 0.05) is 24.9 Å². The van der Waals surface area contributed by atoms with Gasteiger partial charge in [0.05, 0.1) is 18.3 Å². The number of nitrogens with zero attached hydrogens (tertiary/aromatic N) is 1. The lowest BCUT2D eigenvalue weighted by Crippen LogP contribution is -2.46. The van der Waals surface area contributed by atoms with Gasteiger partial charge in [0.2, 0.25) is 11.8 Å². The van der Waals surface area contributed by atoms with Crippen LogP contribution in [0.15, 0.2) is 29.3 Å². The number of carbonyl (C=O) groups excluding carboxylic acids is 4. The number of ketones is 2. The van der Waals surface area contributed by atoms with Crippen LogP contribution in [0.25, 0.3) is 0 Å². The van der Waals surface area contributed by atoms with Crippen LogP contribution >= 0.6 is 11.8 Å². The highest BCUT2D eigenvalue weighted by Gasteiger charge is 2.18. The van der Waals surface area contributed by atoms with E-state index in [1.54, 1.807) is 13.3 Å². The van der Waals surface area contributed by atoms with E-state index in [1.807, 2.05) is 31.2 Å². The first-order chi connectivity index (χ1) is 13.7. The Hall–Kier alpha value is -2.48. The van der Waals surface area contributed by atoms with Crippen molar-refractivity contribution in [1.29, 1.82) is 0 Å². The Morgan fingerprint density at radius 3 is 2.48 bits per heavy atom. The Morgan fingerprint density at radius 1 is 1.14 bits per heavy atom. The SMILES string of the molecule is CN=Cc1cccc(C[C@H](NC(=O)CNC(=O)CSC[C@H](C)C(C)=O)C(C)=O)c1.